The predicted octanol–water partition coefficient (Wildman–Crippen LogP) is 3.10. The number of carbonyl (C=O) groups is 1. The molecule has 1 aromatic carbocycles. The summed E-state index contributed by atoms with van der Waals surface area (Å²) in [4.78, 5) is 11.4. The number of unbranched alkanes of at least 4 members (excludes halogenated alkanes) is 1. The molecule has 0 saturated heterocycles. The SMILES string of the molecule is CCCCC(NS(=O)(=O)c1cc(Cl)cc(Cl)c1O)C(=O)OCC. The van der Waals surface area contributed by atoms with Crippen molar-refractivity contribution in [3.8, 4) is 5.75 Å². The first-order valence-corrected chi connectivity index (χ1v) is 9.33. The summed E-state index contributed by atoms with van der Waals surface area (Å²) >= 11 is 11.5. The molecule has 130 valence electrons. The molecule has 0 spiro atoms. The predicted molar refractivity (Wildman–Crippen MR) is 88.4 cm³/mol. The number of phenols is 1. The smallest absolute Gasteiger partial charge is 0.324 e. The number of hydrogen-bond acceptors (Lipinski definition) is 5. The number of esters is 1. The summed E-state index contributed by atoms with van der Waals surface area (Å²) in [6.07, 6.45) is 1.70. The number of benzene rings is 1. The van der Waals surface area contributed by atoms with E-state index in [1.54, 1.807) is 6.92 Å². The first kappa shape index (κ1) is 20.0. The maximum absolute atomic E-state index is 12.4. The van der Waals surface area contributed by atoms with Crippen LogP contribution in [-0.2, 0) is 19.6 Å². The summed E-state index contributed by atoms with van der Waals surface area (Å²) in [6, 6.07) is 1.24. The Morgan fingerprint density at radius 2 is 2.00 bits per heavy atom. The summed E-state index contributed by atoms with van der Waals surface area (Å²) in [7, 11) is -4.20. The van der Waals surface area contributed by atoms with E-state index in [-0.39, 0.29) is 23.1 Å². The highest BCUT2D eigenvalue weighted by Gasteiger charge is 2.29. The lowest BCUT2D eigenvalue weighted by Gasteiger charge is -2.18. The zero-order chi connectivity index (χ0) is 17.6. The van der Waals surface area contributed by atoms with Crippen molar-refractivity contribution in [3.05, 3.63) is 22.2 Å². The minimum atomic E-state index is -4.20. The maximum Gasteiger partial charge on any atom is 0.324 e. The molecule has 0 fully saturated rings. The Labute approximate surface area is 145 Å². The molecule has 9 heteroatoms. The highest BCUT2D eigenvalue weighted by Crippen LogP contribution is 2.34. The quantitative estimate of drug-likeness (QED) is 0.672. The summed E-state index contributed by atoms with van der Waals surface area (Å²) in [5.74, 6) is -1.29. The van der Waals surface area contributed by atoms with Gasteiger partial charge >= 0.3 is 5.97 Å². The van der Waals surface area contributed by atoms with Gasteiger partial charge in [0.25, 0.3) is 0 Å². The Balaban J connectivity index is 3.13. The second-order valence-corrected chi connectivity index (χ2v) is 7.33. The van der Waals surface area contributed by atoms with Gasteiger partial charge in [-0.25, -0.2) is 8.42 Å². The second kappa shape index (κ2) is 8.73. The molecule has 1 atom stereocenters. The van der Waals surface area contributed by atoms with Gasteiger partial charge in [-0.2, -0.15) is 4.72 Å². The van der Waals surface area contributed by atoms with Gasteiger partial charge < -0.3 is 9.84 Å². The van der Waals surface area contributed by atoms with Crippen molar-refractivity contribution >= 4 is 39.2 Å². The van der Waals surface area contributed by atoms with Crippen LogP contribution in [0.5, 0.6) is 5.75 Å². The van der Waals surface area contributed by atoms with Crippen LogP contribution in [0.2, 0.25) is 10.0 Å². The number of ether oxygens (including phenoxy) is 1. The molecule has 0 aromatic heterocycles. The molecular weight excluding hydrogens is 365 g/mol. The van der Waals surface area contributed by atoms with E-state index in [1.807, 2.05) is 6.92 Å². The lowest BCUT2D eigenvalue weighted by atomic mass is 10.1. The zero-order valence-corrected chi connectivity index (χ0v) is 15.1. The van der Waals surface area contributed by atoms with Crippen LogP contribution in [0.15, 0.2) is 17.0 Å². The molecule has 23 heavy (non-hydrogen) atoms. The molecule has 2 N–H and O–H groups in total. The van der Waals surface area contributed by atoms with E-state index in [0.717, 1.165) is 12.5 Å². The topological polar surface area (TPSA) is 92.7 Å². The lowest BCUT2D eigenvalue weighted by molar-refractivity contribution is -0.145. The molecule has 0 bridgehead atoms. The van der Waals surface area contributed by atoms with Gasteiger partial charge in [-0.3, -0.25) is 4.79 Å². The Hall–Kier alpha value is -1.02. The second-order valence-electron chi connectivity index (χ2n) is 4.80. The molecule has 1 aromatic rings. The van der Waals surface area contributed by atoms with E-state index < -0.39 is 32.7 Å². The third kappa shape index (κ3) is 5.53. The normalized spacial score (nSPS) is 12.9. The van der Waals surface area contributed by atoms with Crippen LogP contribution in [0.4, 0.5) is 0 Å². The van der Waals surface area contributed by atoms with Crippen molar-refractivity contribution in [3.63, 3.8) is 0 Å². The molecule has 0 saturated carbocycles. The summed E-state index contributed by atoms with van der Waals surface area (Å²) < 4.78 is 32.0. The molecular formula is C14H19Cl2NO5S. The number of phenolic OH excluding ortho intramolecular Hbond substituents is 1. The number of aromatic hydroxyl groups is 1. The average molecular weight is 384 g/mol. The minimum Gasteiger partial charge on any atom is -0.505 e. The zero-order valence-electron chi connectivity index (χ0n) is 12.8. The van der Waals surface area contributed by atoms with Crippen molar-refractivity contribution in [2.45, 2.75) is 44.0 Å². The van der Waals surface area contributed by atoms with Gasteiger partial charge in [-0.05, 0) is 25.5 Å². The van der Waals surface area contributed by atoms with Crippen molar-refractivity contribution in [1.82, 2.24) is 4.72 Å². The van der Waals surface area contributed by atoms with Crippen LogP contribution < -0.4 is 4.72 Å². The van der Waals surface area contributed by atoms with Crippen molar-refractivity contribution in [2.75, 3.05) is 6.61 Å². The van der Waals surface area contributed by atoms with Crippen LogP contribution >= 0.6 is 23.2 Å². The highest BCUT2D eigenvalue weighted by molar-refractivity contribution is 7.89. The van der Waals surface area contributed by atoms with Crippen molar-refractivity contribution < 1.29 is 23.1 Å². The molecule has 1 rings (SSSR count). The Morgan fingerprint density at radius 3 is 2.57 bits per heavy atom. The fourth-order valence-corrected chi connectivity index (χ4v) is 3.85. The Bertz CT molecular complexity index is 663. The monoisotopic (exact) mass is 383 g/mol. The van der Waals surface area contributed by atoms with E-state index >= 15 is 0 Å². The molecule has 0 aliphatic carbocycles. The summed E-state index contributed by atoms with van der Waals surface area (Å²) in [5, 5.41) is 9.72. The van der Waals surface area contributed by atoms with Gasteiger partial charge in [0, 0.05) is 5.02 Å². The fraction of sp³-hybridized carbons (Fsp3) is 0.500. The first-order chi connectivity index (χ1) is 10.7. The van der Waals surface area contributed by atoms with Crippen LogP contribution in [0, 0.1) is 0 Å². The minimum absolute atomic E-state index is 0.0504. The lowest BCUT2D eigenvalue weighted by Crippen LogP contribution is -2.41. The van der Waals surface area contributed by atoms with Crippen molar-refractivity contribution in [2.24, 2.45) is 0 Å². The Morgan fingerprint density at radius 1 is 1.35 bits per heavy atom. The van der Waals surface area contributed by atoms with Crippen LogP contribution in [0.25, 0.3) is 0 Å². The highest BCUT2D eigenvalue weighted by atomic mass is 35.5. The van der Waals surface area contributed by atoms with E-state index in [4.69, 9.17) is 27.9 Å². The number of hydrogen-bond donors (Lipinski definition) is 2. The first-order valence-electron chi connectivity index (χ1n) is 7.09. The molecule has 0 aliphatic heterocycles. The van der Waals surface area contributed by atoms with Gasteiger partial charge in [0.1, 0.15) is 10.9 Å². The summed E-state index contributed by atoms with van der Waals surface area (Å²) in [5.41, 5.74) is 0. The van der Waals surface area contributed by atoms with Gasteiger partial charge in [0.15, 0.2) is 5.75 Å². The van der Waals surface area contributed by atoms with E-state index in [2.05, 4.69) is 4.72 Å². The van der Waals surface area contributed by atoms with Crippen LogP contribution in [0.1, 0.15) is 33.1 Å². The van der Waals surface area contributed by atoms with E-state index in [0.29, 0.717) is 6.42 Å². The molecule has 6 nitrogen and oxygen atoms in total. The molecule has 1 unspecified atom stereocenters. The van der Waals surface area contributed by atoms with Gasteiger partial charge in [0.2, 0.25) is 10.0 Å². The molecule has 0 amide bonds. The van der Waals surface area contributed by atoms with Crippen molar-refractivity contribution in [1.29, 1.82) is 0 Å². The fourth-order valence-electron chi connectivity index (χ4n) is 1.87. The molecule has 0 aliphatic rings. The maximum atomic E-state index is 12.4. The number of sulfonamides is 1. The average Bonchev–Trinajstić information content (AvgIpc) is 2.47. The number of halogens is 2. The Kier molecular flexibility index (Phi) is 7.60. The third-order valence-corrected chi connectivity index (χ3v) is 4.99. The van der Waals surface area contributed by atoms with E-state index in [9.17, 15) is 18.3 Å². The largest absolute Gasteiger partial charge is 0.505 e. The number of carbonyl (C=O) groups excluding carboxylic acids is 1. The van der Waals surface area contributed by atoms with Gasteiger partial charge in [-0.15, -0.1) is 0 Å². The number of rotatable bonds is 8. The van der Waals surface area contributed by atoms with Gasteiger partial charge in [-0.1, -0.05) is 43.0 Å². The summed E-state index contributed by atoms with van der Waals surface area (Å²) in [6.45, 7) is 3.68. The van der Waals surface area contributed by atoms with Crippen LogP contribution in [0.3, 0.4) is 0 Å². The van der Waals surface area contributed by atoms with Crippen LogP contribution in [-0.4, -0.2) is 32.1 Å². The van der Waals surface area contributed by atoms with Gasteiger partial charge in [0.05, 0.1) is 11.6 Å². The third-order valence-electron chi connectivity index (χ3n) is 3.00. The molecule has 0 radical (unpaired) electrons. The standard InChI is InChI=1S/C14H19Cl2NO5S/c1-3-5-6-11(14(19)22-4-2)17-23(20,21)12-8-9(15)7-10(16)13(12)18/h7-8,11,17-18H,3-6H2,1-2H3. The molecule has 0 heterocycles. The van der Waals surface area contributed by atoms with E-state index in [1.165, 1.54) is 6.07 Å². The number of nitrogens with one attached hydrogen (secondary N) is 1.